The quantitative estimate of drug-likeness (QED) is 0.446. The highest BCUT2D eigenvalue weighted by Gasteiger charge is 2.21. The second-order valence-corrected chi connectivity index (χ2v) is 7.99. The van der Waals surface area contributed by atoms with Crippen LogP contribution in [-0.4, -0.2) is 35.0 Å². The topological polar surface area (TPSA) is 97.8 Å². The number of fused-ring (bicyclic) bond motifs is 1. The van der Waals surface area contributed by atoms with Crippen LogP contribution in [0.5, 0.6) is 0 Å². The molecule has 0 spiro atoms. The number of nitrogens with zero attached hydrogens (tertiary/aromatic N) is 1. The number of para-hydroxylation sites is 1. The molecule has 2 N–H and O–H groups in total. The summed E-state index contributed by atoms with van der Waals surface area (Å²) in [7, 11) is -3.95. The molecule has 148 valence electrons. The highest BCUT2D eigenvalue weighted by Crippen LogP contribution is 2.44. The number of phosphoric ester groups is 1. The molecule has 1 heterocycles. The van der Waals surface area contributed by atoms with Crippen LogP contribution in [0.4, 0.5) is 0 Å². The summed E-state index contributed by atoms with van der Waals surface area (Å²) in [4.78, 5) is 25.8. The van der Waals surface area contributed by atoms with Gasteiger partial charge in [-0.05, 0) is 50.8 Å². The van der Waals surface area contributed by atoms with Gasteiger partial charge in [0.2, 0.25) is 5.91 Å². The lowest BCUT2D eigenvalue weighted by atomic mass is 10.1. The van der Waals surface area contributed by atoms with E-state index in [1.54, 1.807) is 20.0 Å². The number of carbonyl (C=O) groups excluding carboxylic acids is 1. The molecule has 1 aromatic heterocycles. The molecule has 1 aromatic carbocycles. The third kappa shape index (κ3) is 8.18. The Hall–Kier alpha value is -1.79. The molecule has 1 atom stereocenters. The first kappa shape index (κ1) is 21.5. The van der Waals surface area contributed by atoms with Gasteiger partial charge < -0.3 is 10.2 Å². The molecule has 2 aromatic rings. The second-order valence-electron chi connectivity index (χ2n) is 6.58. The maximum Gasteiger partial charge on any atom is 0.472 e. The Bertz CT molecular complexity index is 797. The number of hydrogen-bond donors (Lipinski definition) is 2. The number of phosphoric acid groups is 1. The minimum atomic E-state index is -3.95. The molecule has 1 unspecified atom stereocenters. The highest BCUT2D eigenvalue weighted by molar-refractivity contribution is 7.47. The van der Waals surface area contributed by atoms with E-state index in [0.29, 0.717) is 19.4 Å². The van der Waals surface area contributed by atoms with E-state index in [4.69, 9.17) is 9.05 Å². The largest absolute Gasteiger partial charge is 0.472 e. The average Bonchev–Trinajstić information content (AvgIpc) is 2.59. The summed E-state index contributed by atoms with van der Waals surface area (Å²) in [5.41, 5.74) is 1.79. The summed E-state index contributed by atoms with van der Waals surface area (Å²) >= 11 is 0. The van der Waals surface area contributed by atoms with Gasteiger partial charge in [-0.2, -0.15) is 0 Å². The average molecular weight is 394 g/mol. The summed E-state index contributed by atoms with van der Waals surface area (Å²) in [5.74, 6) is -0.0477. The van der Waals surface area contributed by atoms with E-state index in [1.807, 2.05) is 30.3 Å². The molecule has 1 amide bonds. The molecule has 0 fully saturated rings. The van der Waals surface area contributed by atoms with Crippen LogP contribution in [0.1, 0.15) is 38.7 Å². The number of unbranched alkanes of at least 4 members (excludes halogenated alkanes) is 2. The Morgan fingerprint density at radius 2 is 2.04 bits per heavy atom. The Morgan fingerprint density at radius 3 is 2.81 bits per heavy atom. The molecule has 7 nitrogen and oxygen atoms in total. The van der Waals surface area contributed by atoms with Crippen LogP contribution >= 0.6 is 7.82 Å². The van der Waals surface area contributed by atoms with E-state index in [9.17, 15) is 14.3 Å². The first-order valence-electron chi connectivity index (χ1n) is 9.12. The van der Waals surface area contributed by atoms with Crippen molar-refractivity contribution >= 4 is 24.6 Å². The number of benzene rings is 1. The fraction of sp³-hybridized carbons (Fsp3) is 0.474. The molecule has 0 saturated carbocycles. The first-order valence-corrected chi connectivity index (χ1v) is 10.6. The molecule has 0 aliphatic carbocycles. The Morgan fingerprint density at radius 1 is 1.26 bits per heavy atom. The third-order valence-corrected chi connectivity index (χ3v) is 4.95. The van der Waals surface area contributed by atoms with Crippen molar-refractivity contribution in [1.82, 2.24) is 10.3 Å². The van der Waals surface area contributed by atoms with Crippen molar-refractivity contribution in [2.75, 3.05) is 13.2 Å². The van der Waals surface area contributed by atoms with Gasteiger partial charge in [0.25, 0.3) is 0 Å². The Balaban J connectivity index is 1.60. The molecule has 0 saturated heterocycles. The molecule has 2 rings (SSSR count). The van der Waals surface area contributed by atoms with Crippen molar-refractivity contribution in [2.24, 2.45) is 0 Å². The molecular weight excluding hydrogens is 367 g/mol. The molecule has 0 aliphatic rings. The molecular formula is C19H27N2O5P. The summed E-state index contributed by atoms with van der Waals surface area (Å²) in [6.45, 7) is 4.04. The fourth-order valence-corrected chi connectivity index (χ4v) is 3.52. The maximum atomic E-state index is 12.0. The molecule has 8 heteroatoms. The zero-order valence-electron chi connectivity index (χ0n) is 15.8. The third-order valence-electron chi connectivity index (χ3n) is 3.75. The van der Waals surface area contributed by atoms with Gasteiger partial charge in [-0.3, -0.25) is 18.8 Å². The van der Waals surface area contributed by atoms with Crippen LogP contribution in [0.15, 0.2) is 36.5 Å². The molecule has 27 heavy (non-hydrogen) atoms. The summed E-state index contributed by atoms with van der Waals surface area (Å²) in [6.07, 6.45) is 3.82. The van der Waals surface area contributed by atoms with Crippen LogP contribution in [0, 0.1) is 0 Å². The number of pyridine rings is 1. The number of carbonyl (C=O) groups is 1. The smallest absolute Gasteiger partial charge is 0.356 e. The standard InChI is InChI=1S/C19H27N2O5P/c1-15(2)26-27(23,24)25-11-7-3-6-10-20-19(22)13-16-12-17-8-4-5-9-18(17)21-14-16/h4-5,8-9,12,14-15H,3,6-7,10-11,13H2,1-2H3,(H,20,22)(H,23,24). The molecule has 0 aliphatic heterocycles. The van der Waals surface area contributed by atoms with Gasteiger partial charge >= 0.3 is 7.82 Å². The second kappa shape index (κ2) is 10.5. The van der Waals surface area contributed by atoms with Crippen molar-refractivity contribution < 1.29 is 23.3 Å². The van der Waals surface area contributed by atoms with E-state index >= 15 is 0 Å². The van der Waals surface area contributed by atoms with Crippen molar-refractivity contribution in [2.45, 2.75) is 45.6 Å². The van der Waals surface area contributed by atoms with Gasteiger partial charge in [-0.1, -0.05) is 18.2 Å². The molecule has 0 bridgehead atoms. The van der Waals surface area contributed by atoms with E-state index in [1.165, 1.54) is 0 Å². The van der Waals surface area contributed by atoms with Crippen molar-refractivity contribution in [3.8, 4) is 0 Å². The normalized spacial score (nSPS) is 13.6. The Kier molecular flexibility index (Phi) is 8.38. The van der Waals surface area contributed by atoms with E-state index in [0.717, 1.165) is 29.3 Å². The number of aromatic nitrogens is 1. The first-order chi connectivity index (χ1) is 12.9. The van der Waals surface area contributed by atoms with Crippen molar-refractivity contribution in [3.63, 3.8) is 0 Å². The minimum Gasteiger partial charge on any atom is -0.356 e. The number of hydrogen-bond acceptors (Lipinski definition) is 5. The molecule has 0 radical (unpaired) electrons. The number of nitrogens with one attached hydrogen (secondary N) is 1. The lowest BCUT2D eigenvalue weighted by Gasteiger charge is -2.14. The summed E-state index contributed by atoms with van der Waals surface area (Å²) < 4.78 is 21.2. The predicted molar refractivity (Wildman–Crippen MR) is 104 cm³/mol. The van der Waals surface area contributed by atoms with Crippen molar-refractivity contribution in [3.05, 3.63) is 42.1 Å². The highest BCUT2D eigenvalue weighted by atomic mass is 31.2. The SMILES string of the molecule is CC(C)OP(=O)(O)OCCCCCNC(=O)Cc1cnc2ccccc2c1. The van der Waals surface area contributed by atoms with E-state index in [2.05, 4.69) is 10.3 Å². The van der Waals surface area contributed by atoms with Gasteiger partial charge in [-0.15, -0.1) is 0 Å². The van der Waals surface area contributed by atoms with Crippen molar-refractivity contribution in [1.29, 1.82) is 0 Å². The lowest BCUT2D eigenvalue weighted by Crippen LogP contribution is -2.26. The Labute approximate surface area is 159 Å². The fourth-order valence-electron chi connectivity index (χ4n) is 2.57. The number of amides is 1. The van der Waals surface area contributed by atoms with Gasteiger partial charge in [-0.25, -0.2) is 4.57 Å². The minimum absolute atomic E-state index is 0.0477. The number of rotatable bonds is 11. The summed E-state index contributed by atoms with van der Waals surface area (Å²) in [6, 6.07) is 9.77. The lowest BCUT2D eigenvalue weighted by molar-refractivity contribution is -0.120. The predicted octanol–water partition coefficient (Wildman–Crippen LogP) is 3.61. The van der Waals surface area contributed by atoms with E-state index in [-0.39, 0.29) is 18.6 Å². The van der Waals surface area contributed by atoms with Crippen LogP contribution in [0.2, 0.25) is 0 Å². The van der Waals surface area contributed by atoms with Gasteiger partial charge in [0.1, 0.15) is 0 Å². The zero-order valence-corrected chi connectivity index (χ0v) is 16.7. The zero-order chi connectivity index (χ0) is 19.7. The van der Waals surface area contributed by atoms with E-state index < -0.39 is 7.82 Å². The van der Waals surface area contributed by atoms with Crippen LogP contribution in [0.25, 0.3) is 10.9 Å². The van der Waals surface area contributed by atoms with Gasteiger partial charge in [0.15, 0.2) is 0 Å². The van der Waals surface area contributed by atoms with Gasteiger partial charge in [0, 0.05) is 18.1 Å². The van der Waals surface area contributed by atoms with Gasteiger partial charge in [0.05, 0.1) is 24.6 Å². The van der Waals surface area contributed by atoms with Crippen LogP contribution in [0.3, 0.4) is 0 Å². The monoisotopic (exact) mass is 394 g/mol. The summed E-state index contributed by atoms with van der Waals surface area (Å²) in [5, 5.41) is 3.89. The van der Waals surface area contributed by atoms with Crippen LogP contribution in [-0.2, 0) is 24.8 Å². The van der Waals surface area contributed by atoms with Crippen LogP contribution < -0.4 is 5.32 Å². The maximum absolute atomic E-state index is 12.0.